The minimum absolute atomic E-state index is 0.0682. The van der Waals surface area contributed by atoms with Crippen LogP contribution in [0.4, 0.5) is 5.69 Å². The molecule has 6 heteroatoms. The molecular weight excluding hydrogens is 368 g/mol. The second-order valence-electron chi connectivity index (χ2n) is 5.40. The van der Waals surface area contributed by atoms with E-state index in [-0.39, 0.29) is 10.8 Å². The van der Waals surface area contributed by atoms with Crippen LogP contribution in [0.2, 0.25) is 5.02 Å². The average Bonchev–Trinajstić information content (AvgIpc) is 2.69. The number of nitrogens with one attached hydrogen (secondary N) is 1. The van der Waals surface area contributed by atoms with Gasteiger partial charge in [-0.2, -0.15) is 5.26 Å². The van der Waals surface area contributed by atoms with Gasteiger partial charge in [0.05, 0.1) is 34.3 Å². The van der Waals surface area contributed by atoms with Crippen LogP contribution in [0.1, 0.15) is 5.56 Å². The SMILES string of the molecule is COc1ccc(-c2ccccc2)cc1NSc1cc(C#N)cc(Cl)c1O. The van der Waals surface area contributed by atoms with Gasteiger partial charge >= 0.3 is 0 Å². The van der Waals surface area contributed by atoms with Crippen LogP contribution in [-0.4, -0.2) is 12.2 Å². The number of phenolic OH excluding ortho intramolecular Hbond substituents is 1. The fourth-order valence-electron chi connectivity index (χ4n) is 2.42. The lowest BCUT2D eigenvalue weighted by atomic mass is 10.1. The van der Waals surface area contributed by atoms with Crippen molar-refractivity contribution in [2.24, 2.45) is 0 Å². The molecular formula is C20H15ClN2O2S. The molecule has 0 atom stereocenters. The molecule has 0 bridgehead atoms. The number of hydrogen-bond acceptors (Lipinski definition) is 5. The molecule has 0 heterocycles. The molecule has 0 radical (unpaired) electrons. The standard InChI is InChI=1S/C20H15ClN2O2S/c1-25-18-8-7-15(14-5-3-2-4-6-14)11-17(18)23-26-19-10-13(12-22)9-16(21)20(19)24/h2-11,23-24H,1H3. The molecule has 3 aromatic carbocycles. The van der Waals surface area contributed by atoms with Crippen molar-refractivity contribution in [1.29, 1.82) is 5.26 Å². The summed E-state index contributed by atoms with van der Waals surface area (Å²) in [5.41, 5.74) is 3.24. The van der Waals surface area contributed by atoms with Crippen molar-refractivity contribution >= 4 is 29.2 Å². The molecule has 0 aliphatic carbocycles. The zero-order chi connectivity index (χ0) is 18.5. The number of nitriles is 1. The summed E-state index contributed by atoms with van der Waals surface area (Å²) in [6, 6.07) is 20.8. The van der Waals surface area contributed by atoms with Crippen molar-refractivity contribution < 1.29 is 9.84 Å². The van der Waals surface area contributed by atoms with E-state index in [1.54, 1.807) is 13.2 Å². The largest absolute Gasteiger partial charge is 0.505 e. The van der Waals surface area contributed by atoms with Crippen LogP contribution in [0.25, 0.3) is 11.1 Å². The number of nitrogens with zero attached hydrogens (tertiary/aromatic N) is 1. The van der Waals surface area contributed by atoms with Gasteiger partial charge in [-0.15, -0.1) is 0 Å². The molecule has 2 N–H and O–H groups in total. The summed E-state index contributed by atoms with van der Waals surface area (Å²) in [5.74, 6) is 0.598. The van der Waals surface area contributed by atoms with E-state index in [1.807, 2.05) is 54.6 Å². The first-order valence-electron chi connectivity index (χ1n) is 7.71. The van der Waals surface area contributed by atoms with Gasteiger partial charge in [0.25, 0.3) is 0 Å². The third-order valence-corrected chi connectivity index (χ3v) is 4.88. The Morgan fingerprint density at radius 3 is 2.54 bits per heavy atom. The molecule has 0 amide bonds. The second kappa shape index (κ2) is 8.05. The first kappa shape index (κ1) is 18.0. The predicted octanol–water partition coefficient (Wildman–Crippen LogP) is 5.71. The lowest BCUT2D eigenvalue weighted by molar-refractivity contribution is 0.417. The summed E-state index contributed by atoms with van der Waals surface area (Å²) in [7, 11) is 1.60. The summed E-state index contributed by atoms with van der Waals surface area (Å²) in [5, 5.41) is 19.3. The molecule has 4 nitrogen and oxygen atoms in total. The summed E-state index contributed by atoms with van der Waals surface area (Å²) < 4.78 is 8.58. The van der Waals surface area contributed by atoms with Crippen molar-refractivity contribution in [3.63, 3.8) is 0 Å². The number of hydrogen-bond donors (Lipinski definition) is 2. The third-order valence-electron chi connectivity index (χ3n) is 3.74. The van der Waals surface area contributed by atoms with Crippen LogP contribution in [0.15, 0.2) is 65.6 Å². The van der Waals surface area contributed by atoms with Gasteiger partial charge in [-0.3, -0.25) is 0 Å². The number of ether oxygens (including phenoxy) is 1. The highest BCUT2D eigenvalue weighted by Crippen LogP contribution is 2.39. The van der Waals surface area contributed by atoms with Crippen LogP contribution in [0.5, 0.6) is 11.5 Å². The van der Waals surface area contributed by atoms with Gasteiger partial charge < -0.3 is 14.6 Å². The van der Waals surface area contributed by atoms with E-state index < -0.39 is 0 Å². The van der Waals surface area contributed by atoms with E-state index in [4.69, 9.17) is 21.6 Å². The van der Waals surface area contributed by atoms with E-state index in [2.05, 4.69) is 4.72 Å². The Morgan fingerprint density at radius 1 is 1.08 bits per heavy atom. The highest BCUT2D eigenvalue weighted by molar-refractivity contribution is 8.00. The number of aromatic hydroxyl groups is 1. The van der Waals surface area contributed by atoms with Crippen LogP contribution < -0.4 is 9.46 Å². The molecule has 3 rings (SSSR count). The first-order chi connectivity index (χ1) is 12.6. The normalized spacial score (nSPS) is 10.2. The van der Waals surface area contributed by atoms with Gasteiger partial charge in [0.2, 0.25) is 0 Å². The molecule has 0 aliphatic heterocycles. The maximum Gasteiger partial charge on any atom is 0.149 e. The number of anilines is 1. The maximum absolute atomic E-state index is 10.1. The number of phenols is 1. The molecule has 0 saturated heterocycles. The summed E-state index contributed by atoms with van der Waals surface area (Å²) in [4.78, 5) is 0.459. The molecule has 0 saturated carbocycles. The minimum Gasteiger partial charge on any atom is -0.505 e. The second-order valence-corrected chi connectivity index (χ2v) is 6.66. The number of benzene rings is 3. The summed E-state index contributed by atoms with van der Waals surface area (Å²) >= 11 is 7.14. The van der Waals surface area contributed by atoms with E-state index in [9.17, 15) is 5.11 Å². The molecule has 130 valence electrons. The molecule has 26 heavy (non-hydrogen) atoms. The Bertz CT molecular complexity index is 972. The molecule has 0 unspecified atom stereocenters. The van der Waals surface area contributed by atoms with Crippen LogP contribution in [-0.2, 0) is 0 Å². The molecule has 0 fully saturated rings. The Kier molecular flexibility index (Phi) is 5.57. The topological polar surface area (TPSA) is 65.3 Å². The zero-order valence-corrected chi connectivity index (χ0v) is 15.4. The first-order valence-corrected chi connectivity index (χ1v) is 8.90. The lowest BCUT2D eigenvalue weighted by Gasteiger charge is -2.13. The zero-order valence-electron chi connectivity index (χ0n) is 13.9. The Balaban J connectivity index is 1.90. The number of methoxy groups -OCH3 is 1. The van der Waals surface area contributed by atoms with E-state index in [0.29, 0.717) is 16.2 Å². The van der Waals surface area contributed by atoms with Gasteiger partial charge in [-0.1, -0.05) is 48.0 Å². The van der Waals surface area contributed by atoms with E-state index >= 15 is 0 Å². The van der Waals surface area contributed by atoms with Crippen LogP contribution in [0.3, 0.4) is 0 Å². The van der Waals surface area contributed by atoms with E-state index in [0.717, 1.165) is 28.8 Å². The fraction of sp³-hybridized carbons (Fsp3) is 0.0500. The van der Waals surface area contributed by atoms with Gasteiger partial charge in [-0.05, 0) is 47.3 Å². The number of rotatable bonds is 5. The summed E-state index contributed by atoms with van der Waals surface area (Å²) in [6.07, 6.45) is 0. The fourth-order valence-corrected chi connectivity index (χ4v) is 3.47. The third kappa shape index (κ3) is 3.88. The Hall–Kier alpha value is -2.81. The molecule has 0 spiro atoms. The van der Waals surface area contributed by atoms with Crippen molar-refractivity contribution in [3.8, 4) is 28.7 Å². The van der Waals surface area contributed by atoms with Crippen LogP contribution in [0, 0.1) is 11.3 Å². The van der Waals surface area contributed by atoms with Gasteiger partial charge in [0, 0.05) is 0 Å². The van der Waals surface area contributed by atoms with Crippen LogP contribution >= 0.6 is 23.5 Å². The quantitative estimate of drug-likeness (QED) is 0.553. The average molecular weight is 383 g/mol. The smallest absolute Gasteiger partial charge is 0.149 e. The predicted molar refractivity (Wildman–Crippen MR) is 106 cm³/mol. The van der Waals surface area contributed by atoms with Gasteiger partial charge in [-0.25, -0.2) is 0 Å². The Labute approximate surface area is 161 Å². The van der Waals surface area contributed by atoms with Crippen molar-refractivity contribution in [2.45, 2.75) is 4.90 Å². The van der Waals surface area contributed by atoms with Crippen molar-refractivity contribution in [3.05, 3.63) is 71.2 Å². The monoisotopic (exact) mass is 382 g/mol. The highest BCUT2D eigenvalue weighted by Gasteiger charge is 2.12. The van der Waals surface area contributed by atoms with E-state index in [1.165, 1.54) is 6.07 Å². The molecule has 3 aromatic rings. The number of halogens is 1. The van der Waals surface area contributed by atoms with Gasteiger partial charge in [0.15, 0.2) is 0 Å². The molecule has 0 aliphatic rings. The van der Waals surface area contributed by atoms with Crippen molar-refractivity contribution in [2.75, 3.05) is 11.8 Å². The maximum atomic E-state index is 10.1. The minimum atomic E-state index is -0.0682. The highest BCUT2D eigenvalue weighted by atomic mass is 35.5. The summed E-state index contributed by atoms with van der Waals surface area (Å²) in [6.45, 7) is 0. The van der Waals surface area contributed by atoms with Gasteiger partial charge in [0.1, 0.15) is 11.5 Å². The Morgan fingerprint density at radius 2 is 1.85 bits per heavy atom. The molecule has 0 aromatic heterocycles. The van der Waals surface area contributed by atoms with Crippen molar-refractivity contribution in [1.82, 2.24) is 0 Å². The lowest BCUT2D eigenvalue weighted by Crippen LogP contribution is -1.94.